The summed E-state index contributed by atoms with van der Waals surface area (Å²) in [4.78, 5) is 2.79. The third-order valence-corrected chi connectivity index (χ3v) is 1.88. The Hall–Kier alpha value is -2.26. The summed E-state index contributed by atoms with van der Waals surface area (Å²) in [7, 11) is 0. The summed E-state index contributed by atoms with van der Waals surface area (Å²) in [5, 5.41) is 18.0. The van der Waals surface area contributed by atoms with Crippen LogP contribution in [-0.2, 0) is 0 Å². The maximum absolute atomic E-state index is 9.61. The molecule has 0 unspecified atom stereocenters. The largest absolute Gasteiger partial charge is 0.501 e. The minimum atomic E-state index is -0.101. The van der Waals surface area contributed by atoms with Gasteiger partial charge in [-0.25, -0.2) is 0 Å². The van der Waals surface area contributed by atoms with Crippen molar-refractivity contribution in [3.8, 4) is 11.8 Å². The van der Waals surface area contributed by atoms with Crippen molar-refractivity contribution in [3.63, 3.8) is 0 Å². The molecule has 16 heavy (non-hydrogen) atoms. The monoisotopic (exact) mass is 213 g/mol. The van der Waals surface area contributed by atoms with Gasteiger partial charge < -0.3 is 5.11 Å². The van der Waals surface area contributed by atoms with Crippen LogP contribution < -0.4 is 0 Å². The van der Waals surface area contributed by atoms with E-state index < -0.39 is 0 Å². The molecule has 0 bridgehead atoms. The van der Waals surface area contributed by atoms with E-state index in [-0.39, 0.29) is 11.7 Å². The van der Waals surface area contributed by atoms with E-state index in [0.717, 1.165) is 6.20 Å². The number of hydrogen-bond acceptors (Lipinski definition) is 2. The van der Waals surface area contributed by atoms with E-state index in [0.29, 0.717) is 11.1 Å². The van der Waals surface area contributed by atoms with Crippen LogP contribution in [-0.4, -0.2) is 5.11 Å². The highest BCUT2D eigenvalue weighted by Gasteiger charge is 2.07. The van der Waals surface area contributed by atoms with E-state index in [4.69, 9.17) is 5.39 Å². The van der Waals surface area contributed by atoms with E-state index >= 15 is 0 Å². The SMILES string of the molecule is CC(C)C#Cc1ccccc1/C(O)=C/[N+]#N. The van der Waals surface area contributed by atoms with Crippen LogP contribution in [0.1, 0.15) is 25.0 Å². The molecule has 0 aliphatic heterocycles. The van der Waals surface area contributed by atoms with Crippen molar-refractivity contribution in [2.75, 3.05) is 0 Å². The Bertz CT molecular complexity index is 499. The predicted octanol–water partition coefficient (Wildman–Crippen LogP) is 3.40. The summed E-state index contributed by atoms with van der Waals surface area (Å²) < 4.78 is 0. The van der Waals surface area contributed by atoms with Crippen LogP contribution in [0, 0.1) is 23.2 Å². The van der Waals surface area contributed by atoms with Gasteiger partial charge in [0.05, 0.1) is 0 Å². The van der Waals surface area contributed by atoms with Gasteiger partial charge in [0.2, 0.25) is 11.2 Å². The Kier molecular flexibility index (Phi) is 4.12. The molecule has 0 amide bonds. The highest BCUT2D eigenvalue weighted by molar-refractivity contribution is 5.66. The summed E-state index contributed by atoms with van der Waals surface area (Å²) in [6.07, 6.45) is 0.982. The summed E-state index contributed by atoms with van der Waals surface area (Å²) in [6, 6.07) is 7.17. The number of nitrogens with zero attached hydrogens (tertiary/aromatic N) is 2. The first-order valence-corrected chi connectivity index (χ1v) is 4.99. The highest BCUT2D eigenvalue weighted by atomic mass is 16.3. The smallest absolute Gasteiger partial charge is 0.392 e. The van der Waals surface area contributed by atoms with Gasteiger partial charge in [-0.1, -0.05) is 37.8 Å². The molecule has 1 aromatic rings. The molecule has 0 heterocycles. The molecule has 0 fully saturated rings. The fourth-order valence-electron chi connectivity index (χ4n) is 1.16. The summed E-state index contributed by atoms with van der Waals surface area (Å²) in [5.74, 6) is 6.16. The fraction of sp³-hybridized carbons (Fsp3) is 0.231. The molecule has 0 aliphatic carbocycles. The van der Waals surface area contributed by atoms with Crippen molar-refractivity contribution >= 4 is 5.76 Å². The number of benzene rings is 1. The van der Waals surface area contributed by atoms with Gasteiger partial charge in [-0.05, 0) is 12.1 Å². The third-order valence-electron chi connectivity index (χ3n) is 1.88. The molecule has 80 valence electrons. The zero-order chi connectivity index (χ0) is 12.0. The van der Waals surface area contributed by atoms with Crippen molar-refractivity contribution < 1.29 is 5.11 Å². The fourth-order valence-corrected chi connectivity index (χ4v) is 1.16. The van der Waals surface area contributed by atoms with Crippen LogP contribution >= 0.6 is 0 Å². The Balaban J connectivity index is 3.18. The van der Waals surface area contributed by atoms with Crippen LogP contribution in [0.5, 0.6) is 0 Å². The molecule has 0 saturated carbocycles. The van der Waals surface area contributed by atoms with Gasteiger partial charge in [0, 0.05) is 17.0 Å². The molecule has 0 saturated heterocycles. The summed E-state index contributed by atoms with van der Waals surface area (Å²) in [5.41, 5.74) is 1.28. The zero-order valence-electron chi connectivity index (χ0n) is 9.31. The molecule has 3 nitrogen and oxygen atoms in total. The molecule has 0 spiro atoms. The molecule has 1 aromatic carbocycles. The van der Waals surface area contributed by atoms with Crippen molar-refractivity contribution in [2.24, 2.45) is 5.92 Å². The van der Waals surface area contributed by atoms with E-state index in [1.165, 1.54) is 0 Å². The lowest BCUT2D eigenvalue weighted by atomic mass is 10.1. The third kappa shape index (κ3) is 3.15. The van der Waals surface area contributed by atoms with E-state index in [2.05, 4.69) is 16.8 Å². The van der Waals surface area contributed by atoms with Crippen molar-refractivity contribution in [1.29, 1.82) is 5.39 Å². The lowest BCUT2D eigenvalue weighted by molar-refractivity contribution is 0.511. The summed E-state index contributed by atoms with van der Waals surface area (Å²) in [6.45, 7) is 3.99. The van der Waals surface area contributed by atoms with Gasteiger partial charge in [-0.3, -0.25) is 0 Å². The van der Waals surface area contributed by atoms with Crippen LogP contribution in [0.15, 0.2) is 30.5 Å². The second kappa shape index (κ2) is 5.58. The summed E-state index contributed by atoms with van der Waals surface area (Å²) >= 11 is 0. The van der Waals surface area contributed by atoms with Crippen LogP contribution in [0.4, 0.5) is 0 Å². The predicted molar refractivity (Wildman–Crippen MR) is 63.8 cm³/mol. The van der Waals surface area contributed by atoms with Crippen LogP contribution in [0.2, 0.25) is 0 Å². The van der Waals surface area contributed by atoms with E-state index in [9.17, 15) is 5.11 Å². The van der Waals surface area contributed by atoms with Gasteiger partial charge in [0.1, 0.15) is 0 Å². The van der Waals surface area contributed by atoms with E-state index in [1.54, 1.807) is 12.1 Å². The lowest BCUT2D eigenvalue weighted by Crippen LogP contribution is -1.89. The lowest BCUT2D eigenvalue weighted by Gasteiger charge is -1.99. The van der Waals surface area contributed by atoms with Gasteiger partial charge in [0.25, 0.3) is 0 Å². The highest BCUT2D eigenvalue weighted by Crippen LogP contribution is 2.16. The number of aliphatic hydroxyl groups is 1. The topological polar surface area (TPSA) is 48.4 Å². The van der Waals surface area contributed by atoms with E-state index in [1.807, 2.05) is 26.0 Å². The number of diazo groups is 1. The average Bonchev–Trinajstić information content (AvgIpc) is 2.27. The number of rotatable bonds is 1. The Morgan fingerprint density at radius 3 is 2.75 bits per heavy atom. The molecular weight excluding hydrogens is 200 g/mol. The molecule has 1 rings (SSSR count). The zero-order valence-corrected chi connectivity index (χ0v) is 9.31. The number of hydrogen-bond donors (Lipinski definition) is 1. The standard InChI is InChI=1S/C13H12N2O/c1-10(2)7-8-11-5-3-4-6-12(11)13(16)9-15-14/h3-6,9-10H,1-2H3/p+1/b13-9-. The van der Waals surface area contributed by atoms with Crippen LogP contribution in [0.3, 0.4) is 0 Å². The Morgan fingerprint density at radius 1 is 1.44 bits per heavy atom. The maximum atomic E-state index is 9.61. The van der Waals surface area contributed by atoms with Gasteiger partial charge >= 0.3 is 6.20 Å². The number of aliphatic hydroxyl groups excluding tert-OH is 1. The average molecular weight is 213 g/mol. The van der Waals surface area contributed by atoms with Gasteiger partial charge in [0.15, 0.2) is 4.98 Å². The van der Waals surface area contributed by atoms with Gasteiger partial charge in [-0.2, -0.15) is 0 Å². The molecule has 0 atom stereocenters. The molecular formula is C13H13N2O+. The van der Waals surface area contributed by atoms with Crippen molar-refractivity contribution in [3.05, 3.63) is 46.6 Å². The van der Waals surface area contributed by atoms with Crippen molar-refractivity contribution in [1.82, 2.24) is 0 Å². The Labute approximate surface area is 95.1 Å². The molecule has 0 aliphatic rings. The molecule has 3 heteroatoms. The quantitative estimate of drug-likeness (QED) is 0.441. The van der Waals surface area contributed by atoms with Gasteiger partial charge in [-0.15, -0.1) is 0 Å². The Morgan fingerprint density at radius 2 is 2.12 bits per heavy atom. The molecule has 0 aromatic heterocycles. The second-order valence-electron chi connectivity index (χ2n) is 3.60. The second-order valence-corrected chi connectivity index (χ2v) is 3.60. The first kappa shape index (κ1) is 11.8. The minimum Gasteiger partial charge on any atom is -0.501 e. The first-order chi connectivity index (χ1) is 7.65. The maximum Gasteiger partial charge on any atom is 0.392 e. The first-order valence-electron chi connectivity index (χ1n) is 4.99. The normalized spacial score (nSPS) is 10.5. The molecule has 1 N–H and O–H groups in total. The molecule has 0 radical (unpaired) electrons. The van der Waals surface area contributed by atoms with Crippen molar-refractivity contribution in [2.45, 2.75) is 13.8 Å². The minimum absolute atomic E-state index is 0.101. The van der Waals surface area contributed by atoms with Crippen LogP contribution in [0.25, 0.3) is 10.7 Å².